The number of rotatable bonds is 7. The van der Waals surface area contributed by atoms with Crippen molar-refractivity contribution >= 4 is 17.5 Å². The van der Waals surface area contributed by atoms with E-state index in [0.29, 0.717) is 38.0 Å². The van der Waals surface area contributed by atoms with Crippen molar-refractivity contribution in [2.75, 3.05) is 26.2 Å². The van der Waals surface area contributed by atoms with E-state index in [2.05, 4.69) is 24.3 Å². The summed E-state index contributed by atoms with van der Waals surface area (Å²) in [6.45, 7) is 2.43. The number of likely N-dealkylation sites (tertiary alicyclic amines) is 2. The van der Waals surface area contributed by atoms with Gasteiger partial charge in [0.25, 0.3) is 17.5 Å². The lowest BCUT2D eigenvalue weighted by Crippen LogP contribution is -2.40. The van der Waals surface area contributed by atoms with Crippen molar-refractivity contribution < 1.29 is 14.5 Å². The summed E-state index contributed by atoms with van der Waals surface area (Å²) in [5.74, 6) is 0.520. The molecular formula is C32H35N3O4. The van der Waals surface area contributed by atoms with Crippen LogP contribution in [0.2, 0.25) is 0 Å². The number of nitrogens with zero attached hydrogens (tertiary/aromatic N) is 3. The van der Waals surface area contributed by atoms with E-state index < -0.39 is 4.92 Å². The first kappa shape index (κ1) is 26.6. The first-order valence-electron chi connectivity index (χ1n) is 13.9. The second-order valence-electron chi connectivity index (χ2n) is 10.9. The van der Waals surface area contributed by atoms with Crippen LogP contribution in [0.15, 0.2) is 78.9 Å². The highest BCUT2D eigenvalue weighted by Crippen LogP contribution is 2.27. The predicted molar refractivity (Wildman–Crippen MR) is 151 cm³/mol. The lowest BCUT2D eigenvalue weighted by Gasteiger charge is -2.33. The van der Waals surface area contributed by atoms with Gasteiger partial charge in [0.2, 0.25) is 0 Å². The predicted octanol–water partition coefficient (Wildman–Crippen LogP) is 5.78. The molecule has 0 aliphatic carbocycles. The molecule has 2 aliphatic heterocycles. The summed E-state index contributed by atoms with van der Waals surface area (Å²) in [4.78, 5) is 41.5. The third-order valence-electron chi connectivity index (χ3n) is 8.16. The molecule has 2 heterocycles. The third-order valence-corrected chi connectivity index (χ3v) is 8.16. The van der Waals surface area contributed by atoms with Gasteiger partial charge in [0.15, 0.2) is 0 Å². The molecule has 2 aliphatic rings. The highest BCUT2D eigenvalue weighted by atomic mass is 16.6. The van der Waals surface area contributed by atoms with Crippen molar-refractivity contribution in [2.45, 2.75) is 38.5 Å². The Balaban J connectivity index is 1.22. The number of hydrogen-bond donors (Lipinski definition) is 0. The van der Waals surface area contributed by atoms with Gasteiger partial charge in [-0.1, -0.05) is 60.7 Å². The van der Waals surface area contributed by atoms with Crippen molar-refractivity contribution in [1.82, 2.24) is 9.80 Å². The number of carbonyl (C=O) groups excluding carboxylic acids is 2. The average molecular weight is 526 g/mol. The van der Waals surface area contributed by atoms with Gasteiger partial charge < -0.3 is 9.80 Å². The largest absolute Gasteiger partial charge is 0.339 e. The molecule has 0 N–H and O–H groups in total. The fourth-order valence-corrected chi connectivity index (χ4v) is 5.90. The zero-order chi connectivity index (χ0) is 27.2. The quantitative estimate of drug-likeness (QED) is 0.289. The van der Waals surface area contributed by atoms with E-state index >= 15 is 0 Å². The number of carbonyl (C=O) groups is 2. The van der Waals surface area contributed by atoms with Crippen LogP contribution in [0, 0.1) is 22.0 Å². The Kier molecular flexibility index (Phi) is 8.35. The standard InChI is InChI=1S/C32H35N3O4/c36-31(33-15-11-26(12-16-33)19-24-7-3-1-4-8-24)28-21-29(23-30(22-28)35(38)39)32(37)34-17-13-27(14-18-34)20-25-9-5-2-6-10-25/h1-10,21-23,26-27H,11-20H2. The van der Waals surface area contributed by atoms with Crippen molar-refractivity contribution in [2.24, 2.45) is 11.8 Å². The maximum absolute atomic E-state index is 13.4. The second kappa shape index (κ2) is 12.2. The molecule has 2 saturated heterocycles. The molecule has 7 nitrogen and oxygen atoms in total. The van der Waals surface area contributed by atoms with Gasteiger partial charge in [0, 0.05) is 49.4 Å². The monoisotopic (exact) mass is 525 g/mol. The highest BCUT2D eigenvalue weighted by Gasteiger charge is 2.28. The SMILES string of the molecule is O=C(c1cc(C(=O)N2CCC(Cc3ccccc3)CC2)cc([N+](=O)[O-])c1)N1CCC(Cc2ccccc2)CC1. The van der Waals surface area contributed by atoms with E-state index in [4.69, 9.17) is 0 Å². The lowest BCUT2D eigenvalue weighted by atomic mass is 9.89. The molecule has 2 amide bonds. The van der Waals surface area contributed by atoms with Crippen molar-refractivity contribution in [3.8, 4) is 0 Å². The lowest BCUT2D eigenvalue weighted by molar-refractivity contribution is -0.384. The summed E-state index contributed by atoms with van der Waals surface area (Å²) in [6.07, 6.45) is 5.53. The van der Waals surface area contributed by atoms with Gasteiger partial charge in [-0.15, -0.1) is 0 Å². The number of piperidine rings is 2. The molecule has 3 aromatic carbocycles. The minimum absolute atomic E-state index is 0.216. The Morgan fingerprint density at radius 3 is 1.41 bits per heavy atom. The fraction of sp³-hybridized carbons (Fsp3) is 0.375. The molecule has 0 spiro atoms. The number of hydrogen-bond acceptors (Lipinski definition) is 4. The van der Waals surface area contributed by atoms with E-state index in [0.717, 1.165) is 38.5 Å². The maximum Gasteiger partial charge on any atom is 0.271 e. The number of amides is 2. The molecule has 3 aromatic rings. The topological polar surface area (TPSA) is 83.8 Å². The number of nitro benzene ring substituents is 1. The van der Waals surface area contributed by atoms with Crippen LogP contribution in [-0.4, -0.2) is 52.7 Å². The molecule has 0 bridgehead atoms. The van der Waals surface area contributed by atoms with Crippen LogP contribution in [0.4, 0.5) is 5.69 Å². The molecule has 0 radical (unpaired) electrons. The highest BCUT2D eigenvalue weighted by molar-refractivity contribution is 6.00. The number of nitro groups is 1. The summed E-state index contributed by atoms with van der Waals surface area (Å²) in [7, 11) is 0. The second-order valence-corrected chi connectivity index (χ2v) is 10.9. The van der Waals surface area contributed by atoms with Crippen LogP contribution in [0.1, 0.15) is 57.5 Å². The third kappa shape index (κ3) is 6.72. The molecule has 0 unspecified atom stereocenters. The van der Waals surface area contributed by atoms with Crippen molar-refractivity contribution in [1.29, 1.82) is 0 Å². The summed E-state index contributed by atoms with van der Waals surface area (Å²) in [5.41, 5.74) is 2.81. The van der Waals surface area contributed by atoms with Gasteiger partial charge in [-0.25, -0.2) is 0 Å². The fourth-order valence-electron chi connectivity index (χ4n) is 5.90. The van der Waals surface area contributed by atoms with Gasteiger partial charge >= 0.3 is 0 Å². The zero-order valence-corrected chi connectivity index (χ0v) is 22.2. The van der Waals surface area contributed by atoms with E-state index in [-0.39, 0.29) is 28.6 Å². The molecule has 2 fully saturated rings. The van der Waals surface area contributed by atoms with Gasteiger partial charge in [-0.05, 0) is 67.6 Å². The molecule has 202 valence electrons. The van der Waals surface area contributed by atoms with E-state index in [1.54, 1.807) is 15.9 Å². The van der Waals surface area contributed by atoms with Crippen LogP contribution >= 0.6 is 0 Å². The molecule has 7 heteroatoms. The van der Waals surface area contributed by atoms with Crippen LogP contribution in [0.25, 0.3) is 0 Å². The molecule has 39 heavy (non-hydrogen) atoms. The Morgan fingerprint density at radius 1 is 0.667 bits per heavy atom. The van der Waals surface area contributed by atoms with E-state index in [1.807, 2.05) is 36.4 Å². The van der Waals surface area contributed by atoms with Crippen molar-refractivity contribution in [3.63, 3.8) is 0 Å². The van der Waals surface area contributed by atoms with Crippen LogP contribution in [0.5, 0.6) is 0 Å². The Morgan fingerprint density at radius 2 is 1.05 bits per heavy atom. The first-order chi connectivity index (χ1) is 19.0. The zero-order valence-electron chi connectivity index (χ0n) is 22.2. The molecule has 0 atom stereocenters. The van der Waals surface area contributed by atoms with E-state index in [9.17, 15) is 19.7 Å². The summed E-state index contributed by atoms with van der Waals surface area (Å²) >= 11 is 0. The molecular weight excluding hydrogens is 490 g/mol. The molecule has 5 rings (SSSR count). The minimum Gasteiger partial charge on any atom is -0.339 e. The maximum atomic E-state index is 13.4. The van der Waals surface area contributed by atoms with Crippen LogP contribution in [0.3, 0.4) is 0 Å². The van der Waals surface area contributed by atoms with Crippen molar-refractivity contribution in [3.05, 3.63) is 111 Å². The number of benzene rings is 3. The molecule has 0 saturated carbocycles. The summed E-state index contributed by atoms with van der Waals surface area (Å²) in [6, 6.07) is 24.9. The Hall–Kier alpha value is -4.00. The van der Waals surface area contributed by atoms with Gasteiger partial charge in [-0.2, -0.15) is 0 Å². The summed E-state index contributed by atoms with van der Waals surface area (Å²) < 4.78 is 0. The molecule has 0 aromatic heterocycles. The van der Waals surface area contributed by atoms with E-state index in [1.165, 1.54) is 23.3 Å². The van der Waals surface area contributed by atoms with Gasteiger partial charge in [-0.3, -0.25) is 19.7 Å². The average Bonchev–Trinajstić information content (AvgIpc) is 2.98. The van der Waals surface area contributed by atoms with Crippen LogP contribution < -0.4 is 0 Å². The number of non-ortho nitro benzene ring substituents is 1. The van der Waals surface area contributed by atoms with Gasteiger partial charge in [0.1, 0.15) is 0 Å². The normalized spacial score (nSPS) is 16.7. The Labute approximate surface area is 229 Å². The van der Waals surface area contributed by atoms with Gasteiger partial charge in [0.05, 0.1) is 4.92 Å². The Bertz CT molecular complexity index is 1200. The van der Waals surface area contributed by atoms with Crippen LogP contribution in [-0.2, 0) is 12.8 Å². The smallest absolute Gasteiger partial charge is 0.271 e. The summed E-state index contributed by atoms with van der Waals surface area (Å²) in [5, 5.41) is 11.7. The minimum atomic E-state index is -0.522. The first-order valence-corrected chi connectivity index (χ1v) is 13.9.